The molecule has 19 heavy (non-hydrogen) atoms. The van der Waals surface area contributed by atoms with Crippen molar-refractivity contribution in [3.05, 3.63) is 29.8 Å². The molecule has 0 fully saturated rings. The number of aliphatic hydroxyl groups is 1. The lowest BCUT2D eigenvalue weighted by Gasteiger charge is -2.30. The summed E-state index contributed by atoms with van der Waals surface area (Å²) in [7, 11) is 1.91. The van der Waals surface area contributed by atoms with Crippen molar-refractivity contribution in [1.29, 1.82) is 0 Å². The normalized spacial score (nSPS) is 14.2. The lowest BCUT2D eigenvalue weighted by Crippen LogP contribution is -2.44. The highest BCUT2D eigenvalue weighted by Gasteiger charge is 2.20. The maximum Gasteiger partial charge on any atom is 0.0610 e. The van der Waals surface area contributed by atoms with Gasteiger partial charge in [-0.05, 0) is 52.3 Å². The average molecular weight is 264 g/mol. The molecule has 0 saturated carbocycles. The predicted octanol–water partition coefficient (Wildman–Crippen LogP) is 2.57. The van der Waals surface area contributed by atoms with Crippen molar-refractivity contribution >= 4 is 5.69 Å². The zero-order chi connectivity index (χ0) is 14.3. The van der Waals surface area contributed by atoms with Crippen LogP contribution in [0.25, 0.3) is 0 Å². The van der Waals surface area contributed by atoms with Crippen LogP contribution in [0.5, 0.6) is 0 Å². The minimum absolute atomic E-state index is 0.162. The van der Waals surface area contributed by atoms with Gasteiger partial charge in [0.15, 0.2) is 0 Å². The molecule has 0 aromatic heterocycles. The lowest BCUT2D eigenvalue weighted by molar-refractivity contribution is 0.172. The van der Waals surface area contributed by atoms with Gasteiger partial charge in [-0.1, -0.05) is 18.2 Å². The molecule has 0 amide bonds. The molecule has 0 heterocycles. The quantitative estimate of drug-likeness (QED) is 0.757. The van der Waals surface area contributed by atoms with Crippen molar-refractivity contribution in [1.82, 2.24) is 5.32 Å². The SMILES string of the molecule is CCN(CCCC(C)(CO)NC)c1ccccc1C. The molecule has 0 radical (unpaired) electrons. The van der Waals surface area contributed by atoms with Gasteiger partial charge in [0.05, 0.1) is 6.61 Å². The number of likely N-dealkylation sites (N-methyl/N-ethyl adjacent to an activating group) is 1. The van der Waals surface area contributed by atoms with Gasteiger partial charge in [-0.15, -0.1) is 0 Å². The summed E-state index contributed by atoms with van der Waals surface area (Å²) in [5, 5.41) is 12.6. The van der Waals surface area contributed by atoms with Crippen LogP contribution >= 0.6 is 0 Å². The Kier molecular flexibility index (Phi) is 6.32. The van der Waals surface area contributed by atoms with Crippen LogP contribution in [0, 0.1) is 6.92 Å². The Bertz CT molecular complexity index is 375. The first-order valence-electron chi connectivity index (χ1n) is 7.16. The summed E-state index contributed by atoms with van der Waals surface area (Å²) in [6, 6.07) is 8.51. The molecule has 1 rings (SSSR count). The molecule has 1 aromatic rings. The van der Waals surface area contributed by atoms with E-state index in [0.717, 1.165) is 25.9 Å². The van der Waals surface area contributed by atoms with E-state index in [1.165, 1.54) is 11.3 Å². The molecule has 2 N–H and O–H groups in total. The van der Waals surface area contributed by atoms with E-state index in [1.807, 2.05) is 7.05 Å². The molecular weight excluding hydrogens is 236 g/mol. The Balaban J connectivity index is 2.57. The van der Waals surface area contributed by atoms with Crippen molar-refractivity contribution in [2.75, 3.05) is 31.6 Å². The Morgan fingerprint density at radius 1 is 1.32 bits per heavy atom. The van der Waals surface area contributed by atoms with E-state index in [4.69, 9.17) is 0 Å². The second-order valence-corrected chi connectivity index (χ2v) is 5.44. The van der Waals surface area contributed by atoms with Crippen LogP contribution < -0.4 is 10.2 Å². The summed E-state index contributed by atoms with van der Waals surface area (Å²) >= 11 is 0. The third-order valence-electron chi connectivity index (χ3n) is 3.95. The van der Waals surface area contributed by atoms with Crippen LogP contribution in [0.2, 0.25) is 0 Å². The van der Waals surface area contributed by atoms with Crippen LogP contribution in [-0.4, -0.2) is 37.4 Å². The Labute approximate surface area is 117 Å². The van der Waals surface area contributed by atoms with Crippen molar-refractivity contribution in [3.63, 3.8) is 0 Å². The van der Waals surface area contributed by atoms with Gasteiger partial charge < -0.3 is 15.3 Å². The van der Waals surface area contributed by atoms with E-state index in [9.17, 15) is 5.11 Å². The summed E-state index contributed by atoms with van der Waals surface area (Å²) in [5.41, 5.74) is 2.48. The highest BCUT2D eigenvalue weighted by molar-refractivity contribution is 5.52. The second kappa shape index (κ2) is 7.51. The summed E-state index contributed by atoms with van der Waals surface area (Å²) in [4.78, 5) is 2.41. The predicted molar refractivity (Wildman–Crippen MR) is 82.9 cm³/mol. The van der Waals surface area contributed by atoms with E-state index >= 15 is 0 Å². The smallest absolute Gasteiger partial charge is 0.0610 e. The minimum Gasteiger partial charge on any atom is -0.394 e. The van der Waals surface area contributed by atoms with Gasteiger partial charge in [0.2, 0.25) is 0 Å². The van der Waals surface area contributed by atoms with E-state index in [2.05, 4.69) is 55.3 Å². The van der Waals surface area contributed by atoms with Gasteiger partial charge in [-0.3, -0.25) is 0 Å². The summed E-state index contributed by atoms with van der Waals surface area (Å²) < 4.78 is 0. The van der Waals surface area contributed by atoms with Gasteiger partial charge >= 0.3 is 0 Å². The van der Waals surface area contributed by atoms with Crippen molar-refractivity contribution in [2.45, 2.75) is 39.2 Å². The fraction of sp³-hybridized carbons (Fsp3) is 0.625. The number of aryl methyl sites for hydroxylation is 1. The third kappa shape index (κ3) is 4.51. The number of nitrogens with one attached hydrogen (secondary N) is 1. The van der Waals surface area contributed by atoms with Crippen molar-refractivity contribution < 1.29 is 5.11 Å². The summed E-state index contributed by atoms with van der Waals surface area (Å²) in [6.07, 6.45) is 2.04. The van der Waals surface area contributed by atoms with Crippen molar-refractivity contribution in [3.8, 4) is 0 Å². The van der Waals surface area contributed by atoms with E-state index < -0.39 is 0 Å². The van der Waals surface area contributed by atoms with Crippen molar-refractivity contribution in [2.24, 2.45) is 0 Å². The summed E-state index contributed by atoms with van der Waals surface area (Å²) in [5.74, 6) is 0. The second-order valence-electron chi connectivity index (χ2n) is 5.44. The molecule has 0 bridgehead atoms. The number of anilines is 1. The van der Waals surface area contributed by atoms with E-state index in [0.29, 0.717) is 0 Å². The molecule has 1 atom stereocenters. The van der Waals surface area contributed by atoms with Gasteiger partial charge in [0.25, 0.3) is 0 Å². The molecule has 0 saturated heterocycles. The Hall–Kier alpha value is -1.06. The van der Waals surface area contributed by atoms with Gasteiger partial charge in [0, 0.05) is 24.3 Å². The number of nitrogens with zero attached hydrogens (tertiary/aromatic N) is 1. The number of hydrogen-bond acceptors (Lipinski definition) is 3. The van der Waals surface area contributed by atoms with Gasteiger partial charge in [-0.2, -0.15) is 0 Å². The number of para-hydroxylation sites is 1. The largest absolute Gasteiger partial charge is 0.394 e. The highest BCUT2D eigenvalue weighted by atomic mass is 16.3. The third-order valence-corrected chi connectivity index (χ3v) is 3.95. The standard InChI is InChI=1S/C16H28N2O/c1-5-18(15-10-7-6-9-14(15)2)12-8-11-16(3,13-19)17-4/h6-7,9-10,17,19H,5,8,11-13H2,1-4H3. The van der Waals surface area contributed by atoms with Crippen LogP contribution in [0.4, 0.5) is 5.69 Å². The molecule has 0 spiro atoms. The highest BCUT2D eigenvalue weighted by Crippen LogP contribution is 2.20. The molecule has 1 unspecified atom stereocenters. The molecule has 3 heteroatoms. The van der Waals surface area contributed by atoms with Crippen LogP contribution in [0.1, 0.15) is 32.3 Å². The molecule has 0 aliphatic heterocycles. The molecular formula is C16H28N2O. The molecule has 1 aromatic carbocycles. The maximum absolute atomic E-state index is 9.39. The maximum atomic E-state index is 9.39. The fourth-order valence-electron chi connectivity index (χ4n) is 2.31. The number of benzene rings is 1. The molecule has 0 aliphatic carbocycles. The van der Waals surface area contributed by atoms with E-state index in [1.54, 1.807) is 0 Å². The number of aliphatic hydroxyl groups excluding tert-OH is 1. The first-order valence-corrected chi connectivity index (χ1v) is 7.16. The van der Waals surface area contributed by atoms with Crippen LogP contribution in [0.15, 0.2) is 24.3 Å². The van der Waals surface area contributed by atoms with Crippen LogP contribution in [0.3, 0.4) is 0 Å². The van der Waals surface area contributed by atoms with Crippen LogP contribution in [-0.2, 0) is 0 Å². The monoisotopic (exact) mass is 264 g/mol. The topological polar surface area (TPSA) is 35.5 Å². The minimum atomic E-state index is -0.162. The van der Waals surface area contributed by atoms with Gasteiger partial charge in [0.1, 0.15) is 0 Å². The zero-order valence-corrected chi connectivity index (χ0v) is 12.7. The Morgan fingerprint density at radius 2 is 2.00 bits per heavy atom. The zero-order valence-electron chi connectivity index (χ0n) is 12.7. The fourth-order valence-corrected chi connectivity index (χ4v) is 2.31. The first kappa shape index (κ1) is 16.0. The lowest BCUT2D eigenvalue weighted by atomic mass is 9.97. The molecule has 108 valence electrons. The number of rotatable bonds is 8. The summed E-state index contributed by atoms with van der Waals surface area (Å²) in [6.45, 7) is 8.63. The number of hydrogen-bond donors (Lipinski definition) is 2. The van der Waals surface area contributed by atoms with E-state index in [-0.39, 0.29) is 12.1 Å². The molecule has 0 aliphatic rings. The average Bonchev–Trinajstić information content (AvgIpc) is 2.44. The molecule has 3 nitrogen and oxygen atoms in total. The first-order chi connectivity index (χ1) is 9.06. The van der Waals surface area contributed by atoms with Gasteiger partial charge in [-0.25, -0.2) is 0 Å². The Morgan fingerprint density at radius 3 is 2.53 bits per heavy atom.